The Balaban J connectivity index is 1.81. The Morgan fingerprint density at radius 1 is 1.32 bits per heavy atom. The van der Waals surface area contributed by atoms with Gasteiger partial charge in [0.25, 0.3) is 0 Å². The molecule has 28 heavy (non-hydrogen) atoms. The average Bonchev–Trinajstić information content (AvgIpc) is 3.09. The second-order valence-corrected chi connectivity index (χ2v) is 8.27. The molecule has 0 aliphatic carbocycles. The molecule has 150 valence electrons. The fourth-order valence-corrected chi connectivity index (χ4v) is 3.93. The predicted octanol–water partition coefficient (Wildman–Crippen LogP) is 3.93. The fraction of sp³-hybridized carbons (Fsp3) is 0.500. The van der Waals surface area contributed by atoms with Crippen LogP contribution in [0.25, 0.3) is 11.3 Å². The Morgan fingerprint density at radius 2 is 2.07 bits per heavy atom. The van der Waals surface area contributed by atoms with Crippen LogP contribution < -0.4 is 0 Å². The molecule has 1 atom stereocenters. The van der Waals surface area contributed by atoms with Gasteiger partial charge in [0.05, 0.1) is 5.41 Å². The first-order valence-electron chi connectivity index (χ1n) is 9.83. The normalized spacial score (nSPS) is 19.8. The van der Waals surface area contributed by atoms with E-state index in [1.54, 1.807) is 4.90 Å². The molecule has 1 N–H and O–H groups in total. The molecule has 1 saturated heterocycles. The molecule has 0 bridgehead atoms. The number of piperidine rings is 1. The molecule has 1 aromatic heterocycles. The van der Waals surface area contributed by atoms with Crippen LogP contribution in [0.3, 0.4) is 0 Å². The van der Waals surface area contributed by atoms with Gasteiger partial charge in [0, 0.05) is 37.6 Å². The van der Waals surface area contributed by atoms with Crippen molar-refractivity contribution in [1.29, 1.82) is 0 Å². The van der Waals surface area contributed by atoms with Crippen LogP contribution in [-0.2, 0) is 16.0 Å². The number of hydrogen-bond donors (Lipinski definition) is 1. The van der Waals surface area contributed by atoms with Crippen LogP contribution in [0.15, 0.2) is 34.9 Å². The van der Waals surface area contributed by atoms with Crippen molar-refractivity contribution >= 4 is 11.9 Å². The van der Waals surface area contributed by atoms with E-state index in [2.05, 4.69) is 5.16 Å². The molecule has 1 amide bonds. The van der Waals surface area contributed by atoms with Crippen LogP contribution >= 0.6 is 0 Å². The molecule has 1 fully saturated rings. The van der Waals surface area contributed by atoms with Gasteiger partial charge >= 0.3 is 5.97 Å². The molecule has 3 rings (SSSR count). The molecule has 0 unspecified atom stereocenters. The van der Waals surface area contributed by atoms with E-state index in [0.717, 1.165) is 11.1 Å². The zero-order chi connectivity index (χ0) is 20.3. The van der Waals surface area contributed by atoms with Crippen molar-refractivity contribution in [3.05, 3.63) is 41.7 Å². The first-order valence-corrected chi connectivity index (χ1v) is 9.83. The lowest BCUT2D eigenvalue weighted by Crippen LogP contribution is -2.51. The second kappa shape index (κ2) is 8.17. The molecule has 0 saturated carbocycles. The van der Waals surface area contributed by atoms with E-state index >= 15 is 0 Å². The van der Waals surface area contributed by atoms with Crippen molar-refractivity contribution in [3.8, 4) is 11.3 Å². The van der Waals surface area contributed by atoms with Gasteiger partial charge in [-0.3, -0.25) is 9.59 Å². The number of carbonyl (C=O) groups is 2. The summed E-state index contributed by atoms with van der Waals surface area (Å²) in [7, 11) is 0. The SMILES string of the molecule is Cc1ccccc1-c1cc(C[C@@]2(C(=O)O)CCCN(C(=O)CC(C)C)C2)on1. The maximum atomic E-state index is 12.5. The van der Waals surface area contributed by atoms with E-state index in [1.807, 2.05) is 51.1 Å². The summed E-state index contributed by atoms with van der Waals surface area (Å²) in [5.41, 5.74) is 1.72. The Kier molecular flexibility index (Phi) is 5.87. The van der Waals surface area contributed by atoms with E-state index in [-0.39, 0.29) is 24.8 Å². The summed E-state index contributed by atoms with van der Waals surface area (Å²) in [5, 5.41) is 14.1. The Hall–Kier alpha value is -2.63. The van der Waals surface area contributed by atoms with Crippen molar-refractivity contribution in [2.45, 2.75) is 46.5 Å². The second-order valence-electron chi connectivity index (χ2n) is 8.27. The van der Waals surface area contributed by atoms with Gasteiger partial charge in [0.2, 0.25) is 5.91 Å². The number of rotatable bonds is 6. The number of nitrogens with zero attached hydrogens (tertiary/aromatic N) is 2. The monoisotopic (exact) mass is 384 g/mol. The van der Waals surface area contributed by atoms with Gasteiger partial charge in [0.15, 0.2) is 0 Å². The first kappa shape index (κ1) is 20.1. The Bertz CT molecular complexity index is 858. The van der Waals surface area contributed by atoms with Gasteiger partial charge in [-0.25, -0.2) is 0 Å². The number of benzene rings is 1. The third-order valence-electron chi connectivity index (χ3n) is 5.46. The first-order chi connectivity index (χ1) is 13.3. The summed E-state index contributed by atoms with van der Waals surface area (Å²) in [6.45, 7) is 6.82. The summed E-state index contributed by atoms with van der Waals surface area (Å²) >= 11 is 0. The summed E-state index contributed by atoms with van der Waals surface area (Å²) in [6.07, 6.45) is 1.87. The lowest BCUT2D eigenvalue weighted by molar-refractivity contribution is -0.155. The highest BCUT2D eigenvalue weighted by Crippen LogP contribution is 2.36. The van der Waals surface area contributed by atoms with Crippen molar-refractivity contribution < 1.29 is 19.2 Å². The standard InChI is InChI=1S/C22H28N2O4/c1-15(2)11-20(25)24-10-6-9-22(14-24,21(26)27)13-17-12-19(23-28-17)18-8-5-4-7-16(18)3/h4-5,7-8,12,15H,6,9-11,13-14H2,1-3H3,(H,26,27)/t22-/m0/s1. The summed E-state index contributed by atoms with van der Waals surface area (Å²) < 4.78 is 5.50. The smallest absolute Gasteiger partial charge is 0.311 e. The van der Waals surface area contributed by atoms with E-state index in [0.29, 0.717) is 37.3 Å². The number of carboxylic acid groups (broad SMARTS) is 1. The Labute approximate surface area is 165 Å². The van der Waals surface area contributed by atoms with Crippen LogP contribution in [0.2, 0.25) is 0 Å². The maximum Gasteiger partial charge on any atom is 0.311 e. The highest BCUT2D eigenvalue weighted by Gasteiger charge is 2.44. The molecule has 0 radical (unpaired) electrons. The van der Waals surface area contributed by atoms with Crippen molar-refractivity contribution in [2.75, 3.05) is 13.1 Å². The van der Waals surface area contributed by atoms with E-state index < -0.39 is 11.4 Å². The molecule has 2 heterocycles. The molecule has 1 aliphatic rings. The quantitative estimate of drug-likeness (QED) is 0.816. The van der Waals surface area contributed by atoms with Crippen LogP contribution in [0.1, 0.15) is 44.4 Å². The molecule has 1 aromatic carbocycles. The minimum absolute atomic E-state index is 0.0264. The van der Waals surface area contributed by atoms with Crippen molar-refractivity contribution in [2.24, 2.45) is 11.3 Å². The van der Waals surface area contributed by atoms with Crippen LogP contribution in [0.5, 0.6) is 0 Å². The minimum atomic E-state index is -1.03. The van der Waals surface area contributed by atoms with Gasteiger partial charge in [-0.1, -0.05) is 43.3 Å². The predicted molar refractivity (Wildman–Crippen MR) is 106 cm³/mol. The summed E-state index contributed by atoms with van der Waals surface area (Å²) in [5.74, 6) is -0.0692. The highest BCUT2D eigenvalue weighted by molar-refractivity contribution is 5.80. The number of carbonyl (C=O) groups excluding carboxylic acids is 1. The number of aliphatic carboxylic acids is 1. The maximum absolute atomic E-state index is 12.5. The van der Waals surface area contributed by atoms with Crippen molar-refractivity contribution in [3.63, 3.8) is 0 Å². The van der Waals surface area contributed by atoms with Gasteiger partial charge < -0.3 is 14.5 Å². The lowest BCUT2D eigenvalue weighted by atomic mass is 9.76. The number of hydrogen-bond acceptors (Lipinski definition) is 4. The van der Waals surface area contributed by atoms with E-state index in [9.17, 15) is 14.7 Å². The molecule has 0 spiro atoms. The molecule has 6 nitrogen and oxygen atoms in total. The Morgan fingerprint density at radius 3 is 2.75 bits per heavy atom. The van der Waals surface area contributed by atoms with Gasteiger partial charge in [-0.05, 0) is 31.2 Å². The van der Waals surface area contributed by atoms with Gasteiger partial charge in [-0.2, -0.15) is 0 Å². The van der Waals surface area contributed by atoms with Crippen LogP contribution in [0, 0.1) is 18.3 Å². The molecular weight excluding hydrogens is 356 g/mol. The zero-order valence-corrected chi connectivity index (χ0v) is 16.8. The zero-order valence-electron chi connectivity index (χ0n) is 16.8. The number of likely N-dealkylation sites (tertiary alicyclic amines) is 1. The topological polar surface area (TPSA) is 83.6 Å². The largest absolute Gasteiger partial charge is 0.481 e. The lowest BCUT2D eigenvalue weighted by Gasteiger charge is -2.39. The third-order valence-corrected chi connectivity index (χ3v) is 5.46. The van der Waals surface area contributed by atoms with Crippen LogP contribution in [0.4, 0.5) is 0 Å². The average molecular weight is 384 g/mol. The number of amides is 1. The molecular formula is C22H28N2O4. The summed E-state index contributed by atoms with van der Waals surface area (Å²) in [4.78, 5) is 26.4. The van der Waals surface area contributed by atoms with Crippen molar-refractivity contribution in [1.82, 2.24) is 10.1 Å². The molecule has 2 aromatic rings. The molecule has 6 heteroatoms. The molecule has 1 aliphatic heterocycles. The van der Waals surface area contributed by atoms with E-state index in [1.165, 1.54) is 0 Å². The summed E-state index contributed by atoms with van der Waals surface area (Å²) in [6, 6.07) is 9.69. The number of aryl methyl sites for hydroxylation is 1. The number of carboxylic acids is 1. The highest BCUT2D eigenvalue weighted by atomic mass is 16.5. The van der Waals surface area contributed by atoms with E-state index in [4.69, 9.17) is 4.52 Å². The van der Waals surface area contributed by atoms with Gasteiger partial charge in [-0.15, -0.1) is 0 Å². The van der Waals surface area contributed by atoms with Crippen LogP contribution in [-0.4, -0.2) is 40.1 Å². The minimum Gasteiger partial charge on any atom is -0.481 e. The third kappa shape index (κ3) is 4.26. The number of aromatic nitrogens is 1. The fourth-order valence-electron chi connectivity index (χ4n) is 3.93. The van der Waals surface area contributed by atoms with Gasteiger partial charge in [0.1, 0.15) is 11.5 Å².